The molecule has 1 rings (SSSR count). The Balaban J connectivity index is 3.59. The Morgan fingerprint density at radius 1 is 1.25 bits per heavy atom. The van der Waals surface area contributed by atoms with E-state index in [4.69, 9.17) is 9.16 Å². The first kappa shape index (κ1) is 16.4. The Bertz CT molecular complexity index is 515. The molecule has 0 bridgehead atoms. The molecule has 0 aliphatic heterocycles. The number of hydrogen-bond donors (Lipinski definition) is 0. The van der Waals surface area contributed by atoms with Crippen molar-refractivity contribution >= 4 is 21.3 Å². The van der Waals surface area contributed by atoms with Crippen molar-refractivity contribution < 1.29 is 18.8 Å². The molecule has 0 aliphatic carbocycles. The summed E-state index contributed by atoms with van der Waals surface area (Å²) >= 11 is 0. The smallest absolute Gasteiger partial charge is 0.341 e. The van der Waals surface area contributed by atoms with Crippen molar-refractivity contribution in [2.75, 3.05) is 7.11 Å². The van der Waals surface area contributed by atoms with Crippen LogP contribution in [0.5, 0.6) is 5.75 Å². The predicted molar refractivity (Wildman–Crippen MR) is 80.0 cm³/mol. The molecule has 0 aromatic heterocycles. The molecule has 1 aromatic rings. The van der Waals surface area contributed by atoms with E-state index < -0.39 is 15.0 Å². The molecule has 0 aliphatic rings. The summed E-state index contributed by atoms with van der Waals surface area (Å²) in [6.07, 6.45) is 0.757. The first-order valence-corrected chi connectivity index (χ1v) is 8.82. The molecule has 0 spiro atoms. The van der Waals surface area contributed by atoms with Gasteiger partial charge in [0.1, 0.15) is 11.3 Å². The van der Waals surface area contributed by atoms with Crippen LogP contribution >= 0.6 is 0 Å². The van der Waals surface area contributed by atoms with Crippen LogP contribution in [0.25, 0.3) is 0 Å². The average molecular weight is 293 g/mol. The molecule has 0 N–H and O–H groups in total. The van der Waals surface area contributed by atoms with E-state index in [2.05, 4.69) is 0 Å². The van der Waals surface area contributed by atoms with Crippen LogP contribution in [0.2, 0.25) is 13.1 Å². The van der Waals surface area contributed by atoms with Crippen LogP contribution in [0.1, 0.15) is 47.1 Å². The minimum absolute atomic E-state index is 0.211. The molecule has 109 valence electrons. The fourth-order valence-electron chi connectivity index (χ4n) is 1.96. The highest BCUT2D eigenvalue weighted by atomic mass is 28.3. The highest BCUT2D eigenvalue weighted by Gasteiger charge is 2.26. The van der Waals surface area contributed by atoms with Crippen LogP contribution in [-0.2, 0) is 10.2 Å². The van der Waals surface area contributed by atoms with Gasteiger partial charge in [-0.3, -0.25) is 4.79 Å². The number of rotatable bonds is 4. The van der Waals surface area contributed by atoms with E-state index >= 15 is 0 Å². The summed E-state index contributed by atoms with van der Waals surface area (Å²) in [4.78, 5) is 23.4. The van der Waals surface area contributed by atoms with Gasteiger partial charge in [0.05, 0.1) is 12.7 Å². The van der Waals surface area contributed by atoms with E-state index in [0.717, 1.165) is 11.8 Å². The maximum atomic E-state index is 11.8. The van der Waals surface area contributed by atoms with Gasteiger partial charge in [0.2, 0.25) is 0 Å². The summed E-state index contributed by atoms with van der Waals surface area (Å²) in [5, 5.41) is 0. The lowest BCUT2D eigenvalue weighted by Gasteiger charge is -2.24. The third-order valence-electron chi connectivity index (χ3n) is 2.83. The van der Waals surface area contributed by atoms with Crippen LogP contribution in [0.3, 0.4) is 0 Å². The van der Waals surface area contributed by atoms with Crippen molar-refractivity contribution in [1.29, 1.82) is 0 Å². The number of methoxy groups -OCH3 is 1. The molecule has 0 amide bonds. The van der Waals surface area contributed by atoms with E-state index in [9.17, 15) is 9.59 Å². The van der Waals surface area contributed by atoms with Crippen LogP contribution in [0.15, 0.2) is 12.1 Å². The van der Waals surface area contributed by atoms with Crippen molar-refractivity contribution in [3.05, 3.63) is 28.8 Å². The number of aldehydes is 1. The third-order valence-corrected chi connectivity index (χ3v) is 3.45. The maximum absolute atomic E-state index is 11.8. The Hall–Kier alpha value is -1.62. The molecule has 1 aromatic carbocycles. The van der Waals surface area contributed by atoms with E-state index in [0.29, 0.717) is 16.9 Å². The summed E-state index contributed by atoms with van der Waals surface area (Å²) in [6.45, 7) is 9.94. The fraction of sp³-hybridized carbons (Fsp3) is 0.467. The molecule has 1 radical (unpaired) electrons. The molecule has 0 fully saturated rings. The standard InChI is InChI=1S/C15H21O4Si/c1-15(2,3)12-8-7-10(14(17)18-4)13(11(12)9-16)19-20(5)6/h7-9H,1-6H3. The second kappa shape index (κ2) is 6.22. The SMILES string of the molecule is COC(=O)c1ccc(C(C)(C)C)c(C=O)c1O[Si](C)C. The summed E-state index contributed by atoms with van der Waals surface area (Å²) in [5.41, 5.74) is 1.39. The minimum Gasteiger partial charge on any atom is -0.542 e. The third kappa shape index (κ3) is 3.48. The van der Waals surface area contributed by atoms with E-state index in [1.165, 1.54) is 7.11 Å². The topological polar surface area (TPSA) is 52.6 Å². The predicted octanol–water partition coefficient (Wildman–Crippen LogP) is 3.21. The van der Waals surface area contributed by atoms with Crippen molar-refractivity contribution in [3.8, 4) is 5.75 Å². The van der Waals surface area contributed by atoms with Gasteiger partial charge in [0, 0.05) is 0 Å². The minimum atomic E-state index is -1.11. The molecule has 0 atom stereocenters. The van der Waals surface area contributed by atoms with Gasteiger partial charge in [-0.1, -0.05) is 26.8 Å². The van der Waals surface area contributed by atoms with Gasteiger partial charge >= 0.3 is 5.97 Å². The number of carbonyl (C=O) groups is 2. The second-order valence-electron chi connectivity index (χ2n) is 5.77. The molecule has 4 nitrogen and oxygen atoms in total. The number of benzene rings is 1. The molecule has 0 heterocycles. The quantitative estimate of drug-likeness (QED) is 0.486. The lowest BCUT2D eigenvalue weighted by Crippen LogP contribution is -2.20. The lowest BCUT2D eigenvalue weighted by molar-refractivity contribution is 0.0598. The summed E-state index contributed by atoms with van der Waals surface area (Å²) < 4.78 is 10.6. The van der Waals surface area contributed by atoms with Gasteiger partial charge in [-0.05, 0) is 30.1 Å². The zero-order valence-electron chi connectivity index (χ0n) is 12.9. The normalized spacial score (nSPS) is 11.3. The molecule has 20 heavy (non-hydrogen) atoms. The van der Waals surface area contributed by atoms with Crippen LogP contribution in [0.4, 0.5) is 0 Å². The Morgan fingerprint density at radius 2 is 1.85 bits per heavy atom. The van der Waals surface area contributed by atoms with E-state index in [-0.39, 0.29) is 5.41 Å². The summed E-state index contributed by atoms with van der Waals surface area (Å²) in [6, 6.07) is 3.46. The van der Waals surface area contributed by atoms with Gasteiger partial charge < -0.3 is 9.16 Å². The number of carbonyl (C=O) groups excluding carboxylic acids is 2. The first-order chi connectivity index (χ1) is 9.22. The van der Waals surface area contributed by atoms with E-state index in [1.54, 1.807) is 12.1 Å². The Kier molecular flexibility index (Phi) is 5.11. The highest BCUT2D eigenvalue weighted by Crippen LogP contribution is 2.34. The maximum Gasteiger partial charge on any atom is 0.341 e. The monoisotopic (exact) mass is 293 g/mol. The molecule has 0 unspecified atom stereocenters. The van der Waals surface area contributed by atoms with Crippen molar-refractivity contribution in [1.82, 2.24) is 0 Å². The van der Waals surface area contributed by atoms with Gasteiger partial charge in [-0.2, -0.15) is 0 Å². The molecule has 0 saturated carbocycles. The first-order valence-electron chi connectivity index (χ1n) is 6.41. The fourth-order valence-corrected chi connectivity index (χ4v) is 2.58. The zero-order valence-corrected chi connectivity index (χ0v) is 13.9. The molecule has 0 saturated heterocycles. The second-order valence-corrected chi connectivity index (χ2v) is 7.79. The van der Waals surface area contributed by atoms with Gasteiger partial charge in [-0.15, -0.1) is 0 Å². The number of esters is 1. The van der Waals surface area contributed by atoms with Gasteiger partial charge in [0.25, 0.3) is 9.04 Å². The highest BCUT2D eigenvalue weighted by molar-refractivity contribution is 6.49. The Morgan fingerprint density at radius 3 is 2.25 bits per heavy atom. The van der Waals surface area contributed by atoms with Crippen molar-refractivity contribution in [2.24, 2.45) is 0 Å². The van der Waals surface area contributed by atoms with Gasteiger partial charge in [0.15, 0.2) is 6.29 Å². The molecule has 5 heteroatoms. The van der Waals surface area contributed by atoms with Crippen molar-refractivity contribution in [3.63, 3.8) is 0 Å². The van der Waals surface area contributed by atoms with E-state index in [1.807, 2.05) is 33.9 Å². The lowest BCUT2D eigenvalue weighted by atomic mass is 9.83. The molecular formula is C15H21O4Si. The number of hydrogen-bond acceptors (Lipinski definition) is 4. The molecular weight excluding hydrogens is 272 g/mol. The zero-order chi connectivity index (χ0) is 15.5. The van der Waals surface area contributed by atoms with Crippen LogP contribution in [-0.4, -0.2) is 28.4 Å². The van der Waals surface area contributed by atoms with Gasteiger partial charge in [-0.25, -0.2) is 4.79 Å². The van der Waals surface area contributed by atoms with Crippen molar-refractivity contribution in [2.45, 2.75) is 39.3 Å². The van der Waals surface area contributed by atoms with Crippen LogP contribution < -0.4 is 4.43 Å². The number of ether oxygens (including phenoxy) is 1. The Labute approximate surface area is 121 Å². The summed E-state index contributed by atoms with van der Waals surface area (Å²) in [5.74, 6) is -0.148. The largest absolute Gasteiger partial charge is 0.542 e. The summed E-state index contributed by atoms with van der Waals surface area (Å²) in [7, 11) is 0.203. The average Bonchev–Trinajstić information content (AvgIpc) is 2.35. The van der Waals surface area contributed by atoms with Crippen LogP contribution in [0, 0.1) is 0 Å².